The fraction of sp³-hybridized carbons (Fsp3) is 0.375. The van der Waals surface area contributed by atoms with Gasteiger partial charge in [0, 0.05) is 36.7 Å². The standard InChI is InChI=1S/C16H16F3N3O4S2/c17-16(18,19)26-12-2-1-3-13(10-12)28(24,25)22-7-4-11(5-8-22)14(23)21-15-20-6-9-27-15/h1-3,6,9-11H,4-5,7-8H2,(H,20,21,23). The van der Waals surface area contributed by atoms with Crippen LogP contribution in [0.1, 0.15) is 12.8 Å². The van der Waals surface area contributed by atoms with Gasteiger partial charge in [-0.15, -0.1) is 24.5 Å². The lowest BCUT2D eigenvalue weighted by Gasteiger charge is -2.30. The van der Waals surface area contributed by atoms with Crippen molar-refractivity contribution in [3.05, 3.63) is 35.8 Å². The highest BCUT2D eigenvalue weighted by molar-refractivity contribution is 7.89. The number of hydrogen-bond donors (Lipinski definition) is 1. The Bertz CT molecular complexity index is 925. The quantitative estimate of drug-likeness (QED) is 0.780. The van der Waals surface area contributed by atoms with Gasteiger partial charge in [-0.2, -0.15) is 4.31 Å². The monoisotopic (exact) mass is 435 g/mol. The molecule has 152 valence electrons. The van der Waals surface area contributed by atoms with Crippen molar-refractivity contribution in [2.75, 3.05) is 18.4 Å². The Hall–Kier alpha value is -2.18. The maximum atomic E-state index is 12.7. The summed E-state index contributed by atoms with van der Waals surface area (Å²) in [7, 11) is -4.00. The maximum absolute atomic E-state index is 12.7. The van der Waals surface area contributed by atoms with E-state index in [0.717, 1.165) is 16.4 Å². The van der Waals surface area contributed by atoms with Gasteiger partial charge in [0.25, 0.3) is 0 Å². The molecule has 0 spiro atoms. The first-order chi connectivity index (χ1) is 13.1. The van der Waals surface area contributed by atoms with Gasteiger partial charge in [0.2, 0.25) is 15.9 Å². The second-order valence-corrected chi connectivity index (χ2v) is 8.86. The molecule has 1 aliphatic heterocycles. The Kier molecular flexibility index (Phi) is 5.91. The summed E-state index contributed by atoms with van der Waals surface area (Å²) in [5.41, 5.74) is 0. The molecule has 28 heavy (non-hydrogen) atoms. The molecule has 0 saturated carbocycles. The van der Waals surface area contributed by atoms with Crippen LogP contribution in [0.2, 0.25) is 0 Å². The van der Waals surface area contributed by atoms with Crippen molar-refractivity contribution >= 4 is 32.4 Å². The van der Waals surface area contributed by atoms with Crippen LogP contribution in [0.4, 0.5) is 18.3 Å². The van der Waals surface area contributed by atoms with E-state index in [1.165, 1.54) is 23.5 Å². The molecule has 0 bridgehead atoms. The second kappa shape index (κ2) is 8.05. The predicted molar refractivity (Wildman–Crippen MR) is 95.4 cm³/mol. The Morgan fingerprint density at radius 1 is 1.29 bits per heavy atom. The number of ether oxygens (including phenoxy) is 1. The molecule has 2 heterocycles. The fourth-order valence-corrected chi connectivity index (χ4v) is 4.87. The van der Waals surface area contributed by atoms with Gasteiger partial charge in [-0.05, 0) is 25.0 Å². The van der Waals surface area contributed by atoms with E-state index in [9.17, 15) is 26.4 Å². The first-order valence-corrected chi connectivity index (χ1v) is 10.5. The topological polar surface area (TPSA) is 88.6 Å². The molecule has 1 aromatic carbocycles. The number of carbonyl (C=O) groups is 1. The molecule has 0 atom stereocenters. The van der Waals surface area contributed by atoms with E-state index in [1.807, 2.05) is 0 Å². The number of halogens is 3. The second-order valence-electron chi connectivity index (χ2n) is 6.03. The molecule has 1 N–H and O–H groups in total. The summed E-state index contributed by atoms with van der Waals surface area (Å²) in [5, 5.41) is 4.88. The lowest BCUT2D eigenvalue weighted by Crippen LogP contribution is -2.41. The number of nitrogens with zero attached hydrogens (tertiary/aromatic N) is 2. The Balaban J connectivity index is 1.64. The van der Waals surface area contributed by atoms with E-state index in [4.69, 9.17) is 0 Å². The van der Waals surface area contributed by atoms with Crippen molar-refractivity contribution < 1.29 is 31.1 Å². The van der Waals surface area contributed by atoms with E-state index >= 15 is 0 Å². The van der Waals surface area contributed by atoms with Crippen LogP contribution in [0.15, 0.2) is 40.7 Å². The van der Waals surface area contributed by atoms with Crippen LogP contribution in [0.5, 0.6) is 5.75 Å². The van der Waals surface area contributed by atoms with E-state index < -0.39 is 22.1 Å². The fourth-order valence-electron chi connectivity index (χ4n) is 2.83. The number of rotatable bonds is 5. The summed E-state index contributed by atoms with van der Waals surface area (Å²) < 4.78 is 67.4. The molecule has 2 aromatic rings. The van der Waals surface area contributed by atoms with Crippen molar-refractivity contribution in [3.8, 4) is 5.75 Å². The number of sulfonamides is 1. The van der Waals surface area contributed by atoms with Gasteiger partial charge in [0.1, 0.15) is 5.75 Å². The summed E-state index contributed by atoms with van der Waals surface area (Å²) in [6.45, 7) is 0.172. The van der Waals surface area contributed by atoms with E-state index in [1.54, 1.807) is 11.6 Å². The van der Waals surface area contributed by atoms with E-state index in [2.05, 4.69) is 15.0 Å². The number of piperidine rings is 1. The van der Waals surface area contributed by atoms with Crippen molar-refractivity contribution in [2.45, 2.75) is 24.1 Å². The number of amides is 1. The third-order valence-electron chi connectivity index (χ3n) is 4.16. The molecular weight excluding hydrogens is 419 g/mol. The Morgan fingerprint density at radius 3 is 2.61 bits per heavy atom. The minimum atomic E-state index is -4.91. The Labute approximate surface area is 163 Å². The lowest BCUT2D eigenvalue weighted by atomic mass is 9.97. The molecular formula is C16H16F3N3O4S2. The number of thiazole rings is 1. The van der Waals surface area contributed by atoms with Crippen LogP contribution in [0.3, 0.4) is 0 Å². The molecule has 3 rings (SSSR count). The number of alkyl halides is 3. The van der Waals surface area contributed by atoms with Crippen LogP contribution in [0, 0.1) is 5.92 Å². The average molecular weight is 435 g/mol. The number of carbonyl (C=O) groups excluding carboxylic acids is 1. The van der Waals surface area contributed by atoms with Crippen molar-refractivity contribution in [2.24, 2.45) is 5.92 Å². The molecule has 0 aliphatic carbocycles. The third-order valence-corrected chi connectivity index (χ3v) is 6.75. The average Bonchev–Trinajstić information content (AvgIpc) is 3.13. The first kappa shape index (κ1) is 20.6. The molecule has 1 amide bonds. The summed E-state index contributed by atoms with van der Waals surface area (Å²) in [6.07, 6.45) is -2.75. The van der Waals surface area contributed by atoms with Gasteiger partial charge >= 0.3 is 6.36 Å². The molecule has 0 radical (unpaired) electrons. The molecule has 1 fully saturated rings. The van der Waals surface area contributed by atoms with Gasteiger partial charge in [-0.25, -0.2) is 13.4 Å². The number of aromatic nitrogens is 1. The maximum Gasteiger partial charge on any atom is 0.573 e. The van der Waals surface area contributed by atoms with E-state index in [0.29, 0.717) is 18.0 Å². The normalized spacial score (nSPS) is 16.7. The highest BCUT2D eigenvalue weighted by Crippen LogP contribution is 2.29. The number of benzene rings is 1. The smallest absolute Gasteiger partial charge is 0.406 e. The molecule has 0 unspecified atom stereocenters. The van der Waals surface area contributed by atoms with Crippen LogP contribution in [0.25, 0.3) is 0 Å². The van der Waals surface area contributed by atoms with Gasteiger partial charge in [0.05, 0.1) is 4.90 Å². The summed E-state index contributed by atoms with van der Waals surface area (Å²) in [4.78, 5) is 15.9. The van der Waals surface area contributed by atoms with Crippen molar-refractivity contribution in [1.82, 2.24) is 9.29 Å². The largest absolute Gasteiger partial charge is 0.573 e. The number of nitrogens with one attached hydrogen (secondary N) is 1. The molecule has 7 nitrogen and oxygen atoms in total. The van der Waals surface area contributed by atoms with Crippen LogP contribution < -0.4 is 10.1 Å². The van der Waals surface area contributed by atoms with Crippen LogP contribution >= 0.6 is 11.3 Å². The predicted octanol–water partition coefficient (Wildman–Crippen LogP) is 3.08. The SMILES string of the molecule is O=C(Nc1nccs1)C1CCN(S(=O)(=O)c2cccc(OC(F)(F)F)c2)CC1. The minimum Gasteiger partial charge on any atom is -0.406 e. The molecule has 1 aromatic heterocycles. The highest BCUT2D eigenvalue weighted by atomic mass is 32.2. The van der Waals surface area contributed by atoms with Crippen molar-refractivity contribution in [1.29, 1.82) is 0 Å². The Morgan fingerprint density at radius 2 is 2.00 bits per heavy atom. The van der Waals surface area contributed by atoms with Gasteiger partial charge in [-0.3, -0.25) is 4.79 Å². The molecule has 1 aliphatic rings. The molecule has 12 heteroatoms. The van der Waals surface area contributed by atoms with Crippen molar-refractivity contribution in [3.63, 3.8) is 0 Å². The lowest BCUT2D eigenvalue weighted by molar-refractivity contribution is -0.274. The van der Waals surface area contributed by atoms with Gasteiger partial charge in [0.15, 0.2) is 5.13 Å². The third kappa shape index (κ3) is 5.00. The summed E-state index contributed by atoms with van der Waals surface area (Å²) >= 11 is 1.28. The van der Waals surface area contributed by atoms with E-state index in [-0.39, 0.29) is 29.8 Å². The zero-order chi connectivity index (χ0) is 20.4. The summed E-state index contributed by atoms with van der Waals surface area (Å²) in [5.74, 6) is -1.20. The molecule has 1 saturated heterocycles. The summed E-state index contributed by atoms with van der Waals surface area (Å²) in [6, 6.07) is 4.26. The number of anilines is 1. The van der Waals surface area contributed by atoms with Crippen LogP contribution in [-0.2, 0) is 14.8 Å². The zero-order valence-electron chi connectivity index (χ0n) is 14.3. The highest BCUT2D eigenvalue weighted by Gasteiger charge is 2.34. The van der Waals surface area contributed by atoms with Crippen LogP contribution in [-0.4, -0.2) is 43.1 Å². The minimum absolute atomic E-state index is 0.0860. The number of hydrogen-bond acceptors (Lipinski definition) is 6. The zero-order valence-corrected chi connectivity index (χ0v) is 16.0. The first-order valence-electron chi connectivity index (χ1n) is 8.21. The van der Waals surface area contributed by atoms with Gasteiger partial charge in [-0.1, -0.05) is 6.07 Å². The van der Waals surface area contributed by atoms with Gasteiger partial charge < -0.3 is 10.1 Å².